The van der Waals surface area contributed by atoms with Crippen LogP contribution in [0.5, 0.6) is 0 Å². The average molecular weight is 894 g/mol. The number of rotatable bonds is 6. The molecule has 0 bridgehead atoms. The van der Waals surface area contributed by atoms with Crippen molar-refractivity contribution >= 4 is 87.2 Å². The molecule has 15 rings (SSSR count). The number of nitrogens with zero attached hydrogens (tertiary/aromatic N) is 7. The minimum Gasteiger partial charge on any atom is -0.307 e. The lowest BCUT2D eigenvalue weighted by atomic mass is 10.1. The first kappa shape index (κ1) is 38.5. The zero-order chi connectivity index (χ0) is 45.9. The normalized spacial score (nSPS) is 12.0. The number of hydrogen-bond acceptors (Lipinski definition) is 3. The Bertz CT molecular complexity index is 4450. The van der Waals surface area contributed by atoms with E-state index in [4.69, 9.17) is 15.0 Å². The SMILES string of the molecule is c1ccc(-c2nc(-c3cccc(-n4c5ccccc5c5ccc(-n6c7ccccc7c7ccccc76)c(-n6c7ccccc7c7ccccc76)c54)c3)nc(-n3c4ccccc4c4ccccc43)n2)cc1. The lowest BCUT2D eigenvalue weighted by Crippen LogP contribution is -2.07. The topological polar surface area (TPSA) is 58.4 Å². The highest BCUT2D eigenvalue weighted by atomic mass is 15.2. The molecule has 0 saturated heterocycles. The van der Waals surface area contributed by atoms with E-state index >= 15 is 0 Å². The van der Waals surface area contributed by atoms with Crippen LogP contribution >= 0.6 is 0 Å². The standard InChI is InChI=1S/C63H39N7/c1-2-19-40(20-3-1)61-64-62(66-63(65-61)70-56-35-16-8-27-47(56)48-28-9-17-36-57(48)70)41-21-18-22-42(39-41)67-51-30-11-10-29-49(51)50-37-38-58(68-52-31-12-4-23-43(52)44-24-5-13-32-53(44)68)60(59(50)67)69-54-33-14-6-25-45(54)46-26-7-15-34-55(46)69/h1-39H. The van der Waals surface area contributed by atoms with Crippen molar-refractivity contribution in [2.75, 3.05) is 0 Å². The molecule has 70 heavy (non-hydrogen) atoms. The lowest BCUT2D eigenvalue weighted by molar-refractivity contribution is 0.953. The fourth-order valence-electron chi connectivity index (χ4n) is 11.3. The van der Waals surface area contributed by atoms with Crippen LogP contribution in [0.3, 0.4) is 0 Å². The van der Waals surface area contributed by atoms with Crippen molar-refractivity contribution in [2.24, 2.45) is 0 Å². The highest BCUT2D eigenvalue weighted by Gasteiger charge is 2.26. The minimum atomic E-state index is 0.563. The maximum Gasteiger partial charge on any atom is 0.238 e. The Kier molecular flexibility index (Phi) is 8.23. The van der Waals surface area contributed by atoms with Gasteiger partial charge in [-0.05, 0) is 66.7 Å². The maximum absolute atomic E-state index is 5.38. The third kappa shape index (κ3) is 5.54. The Morgan fingerprint density at radius 2 is 0.643 bits per heavy atom. The van der Waals surface area contributed by atoms with Crippen LogP contribution in [0.4, 0.5) is 0 Å². The molecule has 7 heteroatoms. The number of fused-ring (bicyclic) bond motifs is 12. The number of hydrogen-bond donors (Lipinski definition) is 0. The maximum atomic E-state index is 5.38. The van der Waals surface area contributed by atoms with Crippen LogP contribution in [0.2, 0.25) is 0 Å². The number of aromatic nitrogens is 7. The van der Waals surface area contributed by atoms with Gasteiger partial charge in [-0.3, -0.25) is 4.57 Å². The van der Waals surface area contributed by atoms with E-state index < -0.39 is 0 Å². The van der Waals surface area contributed by atoms with Gasteiger partial charge in [0.15, 0.2) is 11.6 Å². The molecular weight excluding hydrogens is 855 g/mol. The second-order valence-corrected chi connectivity index (χ2v) is 18.0. The highest BCUT2D eigenvalue weighted by molar-refractivity contribution is 6.18. The molecule has 5 aromatic heterocycles. The van der Waals surface area contributed by atoms with Gasteiger partial charge in [0.2, 0.25) is 5.95 Å². The zero-order valence-corrected chi connectivity index (χ0v) is 37.6. The number of para-hydroxylation sites is 7. The predicted molar refractivity (Wildman–Crippen MR) is 288 cm³/mol. The zero-order valence-electron chi connectivity index (χ0n) is 37.6. The predicted octanol–water partition coefficient (Wildman–Crippen LogP) is 15.6. The van der Waals surface area contributed by atoms with Crippen molar-refractivity contribution in [1.29, 1.82) is 0 Å². The van der Waals surface area contributed by atoms with Crippen LogP contribution in [0.15, 0.2) is 237 Å². The second kappa shape index (κ2) is 15.0. The Labute approximate surface area is 401 Å². The van der Waals surface area contributed by atoms with E-state index in [0.717, 1.165) is 88.5 Å². The third-order valence-corrected chi connectivity index (χ3v) is 14.2. The largest absolute Gasteiger partial charge is 0.307 e. The molecule has 7 nitrogen and oxygen atoms in total. The van der Waals surface area contributed by atoms with Gasteiger partial charge in [0.05, 0.1) is 55.5 Å². The minimum absolute atomic E-state index is 0.563. The highest BCUT2D eigenvalue weighted by Crippen LogP contribution is 2.45. The van der Waals surface area contributed by atoms with Crippen molar-refractivity contribution in [3.63, 3.8) is 0 Å². The molecule has 0 saturated carbocycles. The van der Waals surface area contributed by atoms with Crippen LogP contribution in [-0.4, -0.2) is 33.2 Å². The summed E-state index contributed by atoms with van der Waals surface area (Å²) in [4.78, 5) is 15.9. The molecule has 0 spiro atoms. The van der Waals surface area contributed by atoms with Gasteiger partial charge in [-0.1, -0.05) is 170 Å². The van der Waals surface area contributed by atoms with Gasteiger partial charge in [-0.2, -0.15) is 9.97 Å². The molecule has 5 heterocycles. The van der Waals surface area contributed by atoms with Crippen LogP contribution in [-0.2, 0) is 0 Å². The van der Waals surface area contributed by atoms with Gasteiger partial charge in [0, 0.05) is 59.9 Å². The molecule has 0 aliphatic carbocycles. The Morgan fingerprint density at radius 3 is 1.14 bits per heavy atom. The molecule has 0 radical (unpaired) electrons. The van der Waals surface area contributed by atoms with E-state index in [9.17, 15) is 0 Å². The first-order chi connectivity index (χ1) is 34.8. The molecule has 0 unspecified atom stereocenters. The van der Waals surface area contributed by atoms with E-state index in [2.05, 4.69) is 237 Å². The molecule has 15 aromatic rings. The van der Waals surface area contributed by atoms with E-state index in [1.165, 1.54) is 26.9 Å². The monoisotopic (exact) mass is 893 g/mol. The molecule has 0 atom stereocenters. The molecular formula is C63H39N7. The molecule has 0 amide bonds. The van der Waals surface area contributed by atoms with Gasteiger partial charge in [0.25, 0.3) is 0 Å². The van der Waals surface area contributed by atoms with Gasteiger partial charge < -0.3 is 13.7 Å². The molecule has 10 aromatic carbocycles. The first-order valence-corrected chi connectivity index (χ1v) is 23.7. The van der Waals surface area contributed by atoms with Gasteiger partial charge >= 0.3 is 0 Å². The van der Waals surface area contributed by atoms with Crippen LogP contribution < -0.4 is 0 Å². The Balaban J connectivity index is 1.05. The van der Waals surface area contributed by atoms with E-state index in [1.807, 2.05) is 18.2 Å². The smallest absolute Gasteiger partial charge is 0.238 e. The van der Waals surface area contributed by atoms with Crippen molar-refractivity contribution < 1.29 is 0 Å². The van der Waals surface area contributed by atoms with E-state index in [0.29, 0.717) is 17.6 Å². The van der Waals surface area contributed by atoms with Gasteiger partial charge in [-0.15, -0.1) is 0 Å². The summed E-state index contributed by atoms with van der Waals surface area (Å²) in [5.41, 5.74) is 13.8. The van der Waals surface area contributed by atoms with Crippen molar-refractivity contribution in [3.8, 4) is 45.8 Å². The fraction of sp³-hybridized carbons (Fsp3) is 0. The summed E-state index contributed by atoms with van der Waals surface area (Å²) in [5, 5.41) is 9.45. The molecule has 326 valence electrons. The van der Waals surface area contributed by atoms with Crippen molar-refractivity contribution in [1.82, 2.24) is 33.2 Å². The van der Waals surface area contributed by atoms with E-state index in [1.54, 1.807) is 0 Å². The molecule has 0 aliphatic heterocycles. The molecule has 0 fully saturated rings. The first-order valence-electron chi connectivity index (χ1n) is 23.7. The lowest BCUT2D eigenvalue weighted by Gasteiger charge is -2.20. The third-order valence-electron chi connectivity index (χ3n) is 14.2. The summed E-state index contributed by atoms with van der Waals surface area (Å²) in [6.07, 6.45) is 0. The molecule has 0 aliphatic rings. The van der Waals surface area contributed by atoms with Crippen LogP contribution in [0.25, 0.3) is 133 Å². The second-order valence-electron chi connectivity index (χ2n) is 18.0. The summed E-state index contributed by atoms with van der Waals surface area (Å²) in [5.74, 6) is 1.75. The Hall–Kier alpha value is -9.59. The van der Waals surface area contributed by atoms with Gasteiger partial charge in [0.1, 0.15) is 0 Å². The summed E-state index contributed by atoms with van der Waals surface area (Å²) in [6.45, 7) is 0. The van der Waals surface area contributed by atoms with Crippen LogP contribution in [0, 0.1) is 0 Å². The quantitative estimate of drug-likeness (QED) is 0.167. The summed E-state index contributed by atoms with van der Waals surface area (Å²) in [7, 11) is 0. The summed E-state index contributed by atoms with van der Waals surface area (Å²) < 4.78 is 9.60. The summed E-state index contributed by atoms with van der Waals surface area (Å²) in [6, 6.07) is 84.5. The van der Waals surface area contributed by atoms with Crippen molar-refractivity contribution in [3.05, 3.63) is 237 Å². The van der Waals surface area contributed by atoms with Gasteiger partial charge in [-0.25, -0.2) is 4.98 Å². The van der Waals surface area contributed by atoms with Crippen molar-refractivity contribution in [2.45, 2.75) is 0 Å². The van der Waals surface area contributed by atoms with E-state index in [-0.39, 0.29) is 0 Å². The number of benzene rings is 10. The average Bonchev–Trinajstić information content (AvgIpc) is 4.16. The molecule has 0 N–H and O–H groups in total. The summed E-state index contributed by atoms with van der Waals surface area (Å²) >= 11 is 0. The fourth-order valence-corrected chi connectivity index (χ4v) is 11.3. The Morgan fingerprint density at radius 1 is 0.257 bits per heavy atom. The van der Waals surface area contributed by atoms with Crippen LogP contribution in [0.1, 0.15) is 0 Å².